The molecule has 3 amide bonds. The van der Waals surface area contributed by atoms with Crippen LogP contribution in [0.2, 0.25) is 0 Å². The molecule has 1 saturated carbocycles. The summed E-state index contributed by atoms with van der Waals surface area (Å²) in [6, 6.07) is 5.46. The second-order valence-corrected chi connectivity index (χ2v) is 12.8. The molecule has 2 unspecified atom stereocenters. The fourth-order valence-electron chi connectivity index (χ4n) is 4.75. The van der Waals surface area contributed by atoms with Gasteiger partial charge in [-0.2, -0.15) is 11.8 Å². The smallest absolute Gasteiger partial charge is 0.408 e. The number of nitrogens with one attached hydrogen (secondary N) is 2. The van der Waals surface area contributed by atoms with Gasteiger partial charge in [-0.15, -0.1) is 6.42 Å². The molecular weight excluding hydrogens is 498 g/mol. The van der Waals surface area contributed by atoms with Gasteiger partial charge in [-0.1, -0.05) is 43.4 Å². The number of nitrogens with zero attached hydrogens (tertiary/aromatic N) is 1. The van der Waals surface area contributed by atoms with Crippen LogP contribution in [0.5, 0.6) is 0 Å². The van der Waals surface area contributed by atoms with E-state index in [1.54, 1.807) is 43.5 Å². The number of rotatable bonds is 9. The van der Waals surface area contributed by atoms with Gasteiger partial charge in [0, 0.05) is 17.1 Å². The van der Waals surface area contributed by atoms with Gasteiger partial charge in [0.15, 0.2) is 0 Å². The lowest BCUT2D eigenvalue weighted by molar-refractivity contribution is -0.148. The number of carbonyl (C=O) groups excluding carboxylic acids is 3. The molecule has 2 atom stereocenters. The summed E-state index contributed by atoms with van der Waals surface area (Å²) in [6.07, 6.45) is 12.6. The molecule has 0 radical (unpaired) electrons. The summed E-state index contributed by atoms with van der Waals surface area (Å²) in [5, 5.41) is 5.99. The zero-order valence-electron chi connectivity index (χ0n) is 24.1. The van der Waals surface area contributed by atoms with E-state index in [0.717, 1.165) is 32.1 Å². The van der Waals surface area contributed by atoms with E-state index in [4.69, 9.17) is 11.2 Å². The first kappa shape index (κ1) is 31.6. The first-order chi connectivity index (χ1) is 17.8. The lowest BCUT2D eigenvalue weighted by Gasteiger charge is -2.43. The van der Waals surface area contributed by atoms with Crippen molar-refractivity contribution < 1.29 is 19.1 Å². The van der Waals surface area contributed by atoms with E-state index in [1.807, 2.05) is 45.2 Å². The van der Waals surface area contributed by atoms with E-state index in [-0.39, 0.29) is 17.9 Å². The number of benzene rings is 1. The first-order valence-electron chi connectivity index (χ1n) is 13.5. The summed E-state index contributed by atoms with van der Waals surface area (Å²) in [6.45, 7) is 11.0. The van der Waals surface area contributed by atoms with Gasteiger partial charge in [-0.25, -0.2) is 4.79 Å². The molecule has 0 aromatic heterocycles. The van der Waals surface area contributed by atoms with Crippen molar-refractivity contribution in [1.29, 1.82) is 0 Å². The van der Waals surface area contributed by atoms with Gasteiger partial charge in [-0.05, 0) is 84.4 Å². The van der Waals surface area contributed by atoms with Crippen LogP contribution in [0.1, 0.15) is 97.2 Å². The third-order valence-corrected chi connectivity index (χ3v) is 7.07. The van der Waals surface area contributed by atoms with E-state index in [1.165, 1.54) is 0 Å². The fourth-order valence-corrected chi connectivity index (χ4v) is 5.22. The number of hydrogen-bond acceptors (Lipinski definition) is 5. The van der Waals surface area contributed by atoms with E-state index in [9.17, 15) is 14.4 Å². The van der Waals surface area contributed by atoms with Crippen LogP contribution in [0.25, 0.3) is 0 Å². The Hall–Kier alpha value is -2.66. The Bertz CT molecular complexity index is 1000. The van der Waals surface area contributed by atoms with Crippen molar-refractivity contribution in [1.82, 2.24) is 15.5 Å². The van der Waals surface area contributed by atoms with E-state index in [0.29, 0.717) is 23.3 Å². The van der Waals surface area contributed by atoms with Crippen LogP contribution in [0, 0.1) is 12.3 Å². The topological polar surface area (TPSA) is 87.7 Å². The van der Waals surface area contributed by atoms with Gasteiger partial charge in [0.1, 0.15) is 17.7 Å². The quantitative estimate of drug-likeness (QED) is 0.406. The average Bonchev–Trinajstić information content (AvgIpc) is 2.83. The molecule has 0 spiro atoms. The molecule has 1 aliphatic carbocycles. The molecule has 1 aromatic carbocycles. The number of carbonyl (C=O) groups is 3. The molecular formula is C30H45N3O4S. The zero-order valence-corrected chi connectivity index (χ0v) is 24.9. The SMILES string of the molecule is C#Cc1ccccc1C(C(=O)NC1CCCCC1)N(C(=O)C(CCSC)NC(=O)OC(C)(C)C)C(C)(C)C. The van der Waals surface area contributed by atoms with Crippen LogP contribution in [-0.2, 0) is 14.3 Å². The van der Waals surface area contributed by atoms with Crippen molar-refractivity contribution in [2.75, 3.05) is 12.0 Å². The Labute approximate surface area is 233 Å². The Morgan fingerprint density at radius 2 is 1.74 bits per heavy atom. The average molecular weight is 544 g/mol. The van der Waals surface area contributed by atoms with Crippen molar-refractivity contribution >= 4 is 29.7 Å². The Morgan fingerprint density at radius 1 is 1.11 bits per heavy atom. The highest BCUT2D eigenvalue weighted by Gasteiger charge is 2.42. The Morgan fingerprint density at radius 3 is 2.29 bits per heavy atom. The van der Waals surface area contributed by atoms with Crippen molar-refractivity contribution in [3.05, 3.63) is 35.4 Å². The Balaban J connectivity index is 2.55. The maximum Gasteiger partial charge on any atom is 0.408 e. The second-order valence-electron chi connectivity index (χ2n) is 11.8. The fraction of sp³-hybridized carbons (Fsp3) is 0.633. The molecule has 1 fully saturated rings. The minimum Gasteiger partial charge on any atom is -0.444 e. The van der Waals surface area contributed by atoms with Gasteiger partial charge >= 0.3 is 6.09 Å². The van der Waals surface area contributed by atoms with E-state index >= 15 is 0 Å². The number of thioether (sulfide) groups is 1. The van der Waals surface area contributed by atoms with Crippen LogP contribution in [0.4, 0.5) is 4.79 Å². The highest BCUT2D eigenvalue weighted by molar-refractivity contribution is 7.98. The molecule has 38 heavy (non-hydrogen) atoms. The highest BCUT2D eigenvalue weighted by Crippen LogP contribution is 2.33. The van der Waals surface area contributed by atoms with Crippen LogP contribution in [0.15, 0.2) is 24.3 Å². The summed E-state index contributed by atoms with van der Waals surface area (Å²) in [5.74, 6) is 2.72. The largest absolute Gasteiger partial charge is 0.444 e. The van der Waals surface area contributed by atoms with E-state index in [2.05, 4.69) is 16.6 Å². The summed E-state index contributed by atoms with van der Waals surface area (Å²) in [7, 11) is 0. The number of amides is 3. The molecule has 2 N–H and O–H groups in total. The molecule has 1 aliphatic rings. The molecule has 0 bridgehead atoms. The summed E-state index contributed by atoms with van der Waals surface area (Å²) in [4.78, 5) is 42.7. The van der Waals surface area contributed by atoms with Crippen molar-refractivity contribution in [3.63, 3.8) is 0 Å². The number of alkyl carbamates (subject to hydrolysis) is 1. The van der Waals surface area contributed by atoms with Gasteiger partial charge in [-0.3, -0.25) is 9.59 Å². The lowest BCUT2D eigenvalue weighted by Crippen LogP contribution is -2.59. The first-order valence-corrected chi connectivity index (χ1v) is 14.9. The zero-order chi connectivity index (χ0) is 28.5. The molecule has 0 saturated heterocycles. The van der Waals surface area contributed by atoms with Crippen LogP contribution >= 0.6 is 11.8 Å². The second kappa shape index (κ2) is 13.9. The molecule has 210 valence electrons. The summed E-state index contributed by atoms with van der Waals surface area (Å²) < 4.78 is 5.46. The Kier molecular flexibility index (Phi) is 11.6. The maximum absolute atomic E-state index is 14.3. The third kappa shape index (κ3) is 9.27. The third-order valence-electron chi connectivity index (χ3n) is 6.43. The van der Waals surface area contributed by atoms with E-state index < -0.39 is 29.3 Å². The van der Waals surface area contributed by atoms with Gasteiger partial charge in [0.25, 0.3) is 0 Å². The van der Waals surface area contributed by atoms with Crippen molar-refractivity contribution in [2.45, 2.75) is 109 Å². The standard InChI is InChI=1S/C30H45N3O4S/c1-9-21-15-13-14-18-23(21)25(26(34)31-22-16-11-10-12-17-22)33(29(2,3)4)27(35)24(19-20-38-8)32-28(36)37-30(5,6)7/h1,13-15,18,22,24-25H,10-12,16-17,19-20H2,2-8H3,(H,31,34)(H,32,36). The molecule has 8 heteroatoms. The summed E-state index contributed by atoms with van der Waals surface area (Å²) >= 11 is 1.58. The molecule has 0 aliphatic heterocycles. The number of terminal acetylenes is 1. The van der Waals surface area contributed by atoms with Gasteiger partial charge in [0.2, 0.25) is 11.8 Å². The van der Waals surface area contributed by atoms with Gasteiger partial charge in [0.05, 0.1) is 0 Å². The normalized spacial score (nSPS) is 16.1. The van der Waals surface area contributed by atoms with Gasteiger partial charge < -0.3 is 20.3 Å². The minimum absolute atomic E-state index is 0.0563. The predicted molar refractivity (Wildman–Crippen MR) is 155 cm³/mol. The highest BCUT2D eigenvalue weighted by atomic mass is 32.2. The molecule has 7 nitrogen and oxygen atoms in total. The monoisotopic (exact) mass is 543 g/mol. The molecule has 2 rings (SSSR count). The summed E-state index contributed by atoms with van der Waals surface area (Å²) in [5.41, 5.74) is -0.332. The van der Waals surface area contributed by atoms with Crippen LogP contribution < -0.4 is 10.6 Å². The maximum atomic E-state index is 14.3. The van der Waals surface area contributed by atoms with Crippen LogP contribution in [0.3, 0.4) is 0 Å². The predicted octanol–water partition coefficient (Wildman–Crippen LogP) is 5.43. The van der Waals surface area contributed by atoms with Crippen molar-refractivity contribution in [3.8, 4) is 12.3 Å². The molecule has 0 heterocycles. The lowest BCUT2D eigenvalue weighted by atomic mass is 9.91. The number of ether oxygens (including phenoxy) is 1. The van der Waals surface area contributed by atoms with Crippen LogP contribution in [-0.4, -0.2) is 58.0 Å². The number of hydrogen-bond donors (Lipinski definition) is 2. The minimum atomic E-state index is -0.964. The molecule has 1 aromatic rings. The van der Waals surface area contributed by atoms with Crippen molar-refractivity contribution in [2.24, 2.45) is 0 Å².